The summed E-state index contributed by atoms with van der Waals surface area (Å²) in [6.07, 6.45) is 1.48. The van der Waals surface area contributed by atoms with Gasteiger partial charge in [-0.2, -0.15) is 0 Å². The van der Waals surface area contributed by atoms with Crippen LogP contribution in [0.25, 0.3) is 0 Å². The first-order valence-corrected chi connectivity index (χ1v) is 5.50. The number of aromatic carboxylic acids is 1. The summed E-state index contributed by atoms with van der Waals surface area (Å²) in [7, 11) is 1.56. The second-order valence-corrected chi connectivity index (χ2v) is 4.47. The highest BCUT2D eigenvalue weighted by atomic mass is 16.7. The van der Waals surface area contributed by atoms with Gasteiger partial charge in [-0.25, -0.2) is 9.78 Å². The molecule has 0 spiro atoms. The van der Waals surface area contributed by atoms with Gasteiger partial charge in [0, 0.05) is 31.2 Å². The lowest BCUT2D eigenvalue weighted by Gasteiger charge is -2.33. The molecule has 0 fully saturated rings. The predicted molar refractivity (Wildman–Crippen MR) is 64.0 cm³/mol. The van der Waals surface area contributed by atoms with E-state index in [-0.39, 0.29) is 18.1 Å². The monoisotopic (exact) mass is 251 g/mol. The maximum Gasteiger partial charge on any atom is 0.358 e. The number of fused-ring (bicyclic) bond motifs is 1. The highest BCUT2D eigenvalue weighted by Gasteiger charge is 2.33. The maximum atomic E-state index is 11.1. The van der Waals surface area contributed by atoms with Crippen LogP contribution in [0.2, 0.25) is 0 Å². The van der Waals surface area contributed by atoms with Crippen molar-refractivity contribution in [3.8, 4) is 5.75 Å². The van der Waals surface area contributed by atoms with Crippen molar-refractivity contribution < 1.29 is 24.0 Å². The van der Waals surface area contributed by atoms with Crippen molar-refractivity contribution in [3.05, 3.63) is 23.0 Å². The van der Waals surface area contributed by atoms with Crippen LogP contribution in [-0.4, -0.2) is 29.9 Å². The van der Waals surface area contributed by atoms with Crippen molar-refractivity contribution in [3.63, 3.8) is 0 Å². The lowest BCUT2D eigenvalue weighted by Crippen LogP contribution is -2.37. The summed E-state index contributed by atoms with van der Waals surface area (Å²) in [5.74, 6) is -1.70. The van der Waals surface area contributed by atoms with Gasteiger partial charge in [-0.3, -0.25) is 0 Å². The second-order valence-electron chi connectivity index (χ2n) is 4.47. The molecule has 0 bridgehead atoms. The summed E-state index contributed by atoms with van der Waals surface area (Å²) in [5, 5.41) is 9.12. The van der Waals surface area contributed by atoms with E-state index in [1.165, 1.54) is 6.20 Å². The minimum Gasteiger partial charge on any atom is -0.476 e. The predicted octanol–water partition coefficient (Wildman–Crippen LogP) is 0.490. The fourth-order valence-electron chi connectivity index (χ4n) is 1.79. The topological polar surface area (TPSA) is 77.9 Å². The second kappa shape index (κ2) is 4.58. The Morgan fingerprint density at radius 1 is 1.67 bits per heavy atom. The number of carboxylic acid groups (broad SMARTS) is 1. The van der Waals surface area contributed by atoms with Gasteiger partial charge < -0.3 is 19.2 Å². The van der Waals surface area contributed by atoms with Crippen molar-refractivity contribution >= 4 is 14.0 Å². The molecule has 0 saturated heterocycles. The van der Waals surface area contributed by atoms with Gasteiger partial charge >= 0.3 is 5.97 Å². The van der Waals surface area contributed by atoms with Crippen LogP contribution in [0, 0.1) is 0 Å². The number of pyridine rings is 1. The van der Waals surface area contributed by atoms with Crippen molar-refractivity contribution in [2.75, 3.05) is 0 Å². The van der Waals surface area contributed by atoms with Crippen molar-refractivity contribution in [2.45, 2.75) is 32.8 Å². The summed E-state index contributed by atoms with van der Waals surface area (Å²) >= 11 is 0. The Kier molecular flexibility index (Phi) is 3.27. The summed E-state index contributed by atoms with van der Waals surface area (Å²) in [4.78, 5) is 15.1. The minimum atomic E-state index is -1.12. The zero-order chi connectivity index (χ0) is 13.3. The van der Waals surface area contributed by atoms with Crippen LogP contribution in [0.3, 0.4) is 0 Å². The van der Waals surface area contributed by atoms with E-state index in [1.807, 2.05) is 0 Å². The molecular formula is C11H14BNO5. The third-order valence-electron chi connectivity index (χ3n) is 2.64. The molecule has 0 aromatic carbocycles. The third kappa shape index (κ3) is 2.32. The van der Waals surface area contributed by atoms with Gasteiger partial charge in [0.1, 0.15) is 0 Å². The number of rotatable bonds is 3. The quantitative estimate of drug-likeness (QED) is 0.787. The molecule has 1 aromatic rings. The van der Waals surface area contributed by atoms with Crippen LogP contribution in [0.1, 0.15) is 35.5 Å². The van der Waals surface area contributed by atoms with E-state index in [2.05, 4.69) is 4.98 Å². The molecule has 1 aromatic heterocycles. The molecule has 0 saturated carbocycles. The Hall–Kier alpha value is -1.60. The fourth-order valence-corrected chi connectivity index (χ4v) is 1.79. The van der Waals surface area contributed by atoms with Crippen molar-refractivity contribution in [2.24, 2.45) is 0 Å². The number of aromatic nitrogens is 1. The molecule has 0 radical (unpaired) electrons. The van der Waals surface area contributed by atoms with Crippen LogP contribution in [-0.2, 0) is 22.6 Å². The molecule has 0 amide bonds. The maximum absolute atomic E-state index is 11.1. The van der Waals surface area contributed by atoms with E-state index in [0.717, 1.165) is 5.56 Å². The van der Waals surface area contributed by atoms with Crippen LogP contribution in [0.15, 0.2) is 6.20 Å². The van der Waals surface area contributed by atoms with Gasteiger partial charge in [0.15, 0.2) is 11.4 Å². The largest absolute Gasteiger partial charge is 0.476 e. The lowest BCUT2D eigenvalue weighted by molar-refractivity contribution is -0.180. The van der Waals surface area contributed by atoms with E-state index < -0.39 is 11.8 Å². The van der Waals surface area contributed by atoms with E-state index in [4.69, 9.17) is 19.2 Å². The molecule has 1 aliphatic heterocycles. The van der Waals surface area contributed by atoms with Crippen LogP contribution < -0.4 is 4.74 Å². The molecule has 96 valence electrons. The number of nitrogens with zero attached hydrogens (tertiary/aromatic N) is 1. The lowest BCUT2D eigenvalue weighted by atomic mass is 10.1. The highest BCUT2D eigenvalue weighted by molar-refractivity contribution is 5.97. The summed E-state index contributed by atoms with van der Waals surface area (Å²) in [6, 6.07) is 0. The number of ether oxygens (including phenoxy) is 2. The van der Waals surface area contributed by atoms with Gasteiger partial charge in [-0.15, -0.1) is 0 Å². The molecule has 0 aliphatic carbocycles. The van der Waals surface area contributed by atoms with Crippen LogP contribution >= 0.6 is 0 Å². The SMILES string of the molecule is BOCc1cnc(C(=O)O)c2c1COC(C)(C)O2. The van der Waals surface area contributed by atoms with Gasteiger partial charge in [0.2, 0.25) is 5.79 Å². The molecule has 6 nitrogen and oxygen atoms in total. The average Bonchev–Trinajstić information content (AvgIpc) is 2.27. The first-order valence-electron chi connectivity index (χ1n) is 5.50. The van der Waals surface area contributed by atoms with Crippen LogP contribution in [0.4, 0.5) is 0 Å². The first-order chi connectivity index (χ1) is 8.44. The number of hydrogen-bond donors (Lipinski definition) is 1. The molecule has 0 atom stereocenters. The molecular weight excluding hydrogens is 237 g/mol. The van der Waals surface area contributed by atoms with Gasteiger partial charge in [-0.1, -0.05) is 0 Å². The van der Waals surface area contributed by atoms with Gasteiger partial charge in [0.05, 0.1) is 13.2 Å². The Balaban J connectivity index is 2.53. The fraction of sp³-hybridized carbons (Fsp3) is 0.455. The number of carboxylic acids is 1. The smallest absolute Gasteiger partial charge is 0.358 e. The van der Waals surface area contributed by atoms with Crippen molar-refractivity contribution in [1.82, 2.24) is 4.98 Å². The molecule has 1 N–H and O–H groups in total. The standard InChI is InChI=1S/C11H14BNO5/c1-11(2)16-5-7-6(4-17-12)3-13-8(10(14)15)9(7)18-11/h3H,4-5,12H2,1-2H3,(H,14,15). The third-order valence-corrected chi connectivity index (χ3v) is 2.64. The Morgan fingerprint density at radius 3 is 3.00 bits per heavy atom. The zero-order valence-corrected chi connectivity index (χ0v) is 10.5. The van der Waals surface area contributed by atoms with E-state index in [9.17, 15) is 4.79 Å². The highest BCUT2D eigenvalue weighted by Crippen LogP contribution is 2.35. The Bertz CT molecular complexity index is 489. The molecule has 0 unspecified atom stereocenters. The Morgan fingerprint density at radius 2 is 2.39 bits per heavy atom. The van der Waals surface area contributed by atoms with Crippen LogP contribution in [0.5, 0.6) is 5.75 Å². The summed E-state index contributed by atoms with van der Waals surface area (Å²) in [6.45, 7) is 4.07. The summed E-state index contributed by atoms with van der Waals surface area (Å²) < 4.78 is 16.1. The van der Waals surface area contributed by atoms with E-state index in [0.29, 0.717) is 12.2 Å². The molecule has 18 heavy (non-hydrogen) atoms. The average molecular weight is 251 g/mol. The first kappa shape index (κ1) is 12.9. The number of carbonyl (C=O) groups is 1. The molecule has 1 aliphatic rings. The molecule has 7 heteroatoms. The summed E-state index contributed by atoms with van der Waals surface area (Å²) in [5.41, 5.74) is 1.36. The normalized spacial score (nSPS) is 16.8. The van der Waals surface area contributed by atoms with E-state index in [1.54, 1.807) is 21.9 Å². The Labute approximate surface area is 105 Å². The van der Waals surface area contributed by atoms with E-state index >= 15 is 0 Å². The minimum absolute atomic E-state index is 0.0961. The van der Waals surface area contributed by atoms with Gasteiger partial charge in [-0.05, 0) is 0 Å². The zero-order valence-electron chi connectivity index (χ0n) is 10.5. The van der Waals surface area contributed by atoms with Gasteiger partial charge in [0.25, 0.3) is 8.05 Å². The number of hydrogen-bond acceptors (Lipinski definition) is 5. The molecule has 2 heterocycles. The van der Waals surface area contributed by atoms with Crippen molar-refractivity contribution in [1.29, 1.82) is 0 Å². The molecule has 2 rings (SSSR count).